The lowest BCUT2D eigenvalue weighted by atomic mass is 9.75. The molecule has 0 unspecified atom stereocenters. The molecule has 102 valence electrons. The number of carbonyl (C=O) groups is 1. The number of amides is 1. The first-order chi connectivity index (χ1) is 9.16. The highest BCUT2D eigenvalue weighted by molar-refractivity contribution is 9.10. The number of hydrogen-bond acceptors (Lipinski definition) is 4. The predicted octanol–water partition coefficient (Wildman–Crippen LogP) is 2.46. The summed E-state index contributed by atoms with van der Waals surface area (Å²) in [5, 5.41) is 0. The summed E-state index contributed by atoms with van der Waals surface area (Å²) in [7, 11) is 0. The smallest absolute Gasteiger partial charge is 0.417 e. The van der Waals surface area contributed by atoms with Crippen molar-refractivity contribution in [1.29, 1.82) is 0 Å². The summed E-state index contributed by atoms with van der Waals surface area (Å²) >= 11 is 3.27. The van der Waals surface area contributed by atoms with E-state index in [2.05, 4.69) is 20.8 Å². The summed E-state index contributed by atoms with van der Waals surface area (Å²) in [6, 6.07) is 3.59. The molecule has 1 aromatic rings. The minimum Gasteiger partial charge on any atom is -0.439 e. The number of anilines is 1. The molecule has 4 saturated heterocycles. The Labute approximate surface area is 119 Å². The highest BCUT2D eigenvalue weighted by Crippen LogP contribution is 2.43. The molecule has 4 aliphatic rings. The van der Waals surface area contributed by atoms with Crippen molar-refractivity contribution >= 4 is 27.9 Å². The van der Waals surface area contributed by atoms with Crippen LogP contribution in [0.1, 0.15) is 12.8 Å². The van der Waals surface area contributed by atoms with Crippen LogP contribution in [-0.4, -0.2) is 42.8 Å². The van der Waals surface area contributed by atoms with E-state index in [1.165, 1.54) is 0 Å². The largest absolute Gasteiger partial charge is 0.439 e. The zero-order valence-electron chi connectivity index (χ0n) is 10.5. The Balaban J connectivity index is 1.63. The van der Waals surface area contributed by atoms with Gasteiger partial charge in [-0.1, -0.05) is 0 Å². The van der Waals surface area contributed by atoms with Gasteiger partial charge in [0.1, 0.15) is 5.60 Å². The number of fused-ring (bicyclic) bond motifs is 2. The van der Waals surface area contributed by atoms with Crippen molar-refractivity contribution in [3.8, 4) is 0 Å². The Morgan fingerprint density at radius 2 is 2.05 bits per heavy atom. The van der Waals surface area contributed by atoms with Crippen molar-refractivity contribution in [2.45, 2.75) is 18.4 Å². The third-order valence-corrected chi connectivity index (χ3v) is 5.01. The molecule has 5 heterocycles. The number of carbonyl (C=O) groups excluding carboxylic acids is 1. The highest BCUT2D eigenvalue weighted by atomic mass is 79.9. The minimum atomic E-state index is -0.327. The monoisotopic (exact) mass is 326 g/mol. The summed E-state index contributed by atoms with van der Waals surface area (Å²) in [5.74, 6) is 1.05. The van der Waals surface area contributed by atoms with Crippen molar-refractivity contribution < 1.29 is 13.9 Å². The summed E-state index contributed by atoms with van der Waals surface area (Å²) in [4.78, 5) is 16.2. The van der Waals surface area contributed by atoms with Gasteiger partial charge in [0, 0.05) is 18.5 Å². The quantitative estimate of drug-likeness (QED) is 0.795. The van der Waals surface area contributed by atoms with Gasteiger partial charge in [0.15, 0.2) is 4.67 Å². The third-order valence-electron chi connectivity index (χ3n) is 4.58. The zero-order valence-corrected chi connectivity index (χ0v) is 12.1. The molecule has 0 aliphatic carbocycles. The van der Waals surface area contributed by atoms with Gasteiger partial charge in [0.25, 0.3) is 0 Å². The number of ether oxygens (including phenoxy) is 1. The molecule has 0 aromatic carbocycles. The van der Waals surface area contributed by atoms with Gasteiger partial charge in [0.05, 0.1) is 6.54 Å². The first kappa shape index (κ1) is 11.8. The van der Waals surface area contributed by atoms with Crippen LogP contribution in [0.15, 0.2) is 21.2 Å². The summed E-state index contributed by atoms with van der Waals surface area (Å²) in [5.41, 5.74) is -0.327. The van der Waals surface area contributed by atoms with Crippen LogP contribution in [0.3, 0.4) is 0 Å². The van der Waals surface area contributed by atoms with Crippen LogP contribution in [0, 0.1) is 5.92 Å². The summed E-state index contributed by atoms with van der Waals surface area (Å²) < 4.78 is 11.9. The molecule has 6 heteroatoms. The van der Waals surface area contributed by atoms with Gasteiger partial charge in [-0.05, 0) is 47.9 Å². The molecule has 19 heavy (non-hydrogen) atoms. The van der Waals surface area contributed by atoms with Crippen LogP contribution in [0.2, 0.25) is 0 Å². The molecule has 0 N–H and O–H groups in total. The van der Waals surface area contributed by atoms with Crippen molar-refractivity contribution in [3.05, 3.63) is 16.8 Å². The molecule has 1 spiro atoms. The van der Waals surface area contributed by atoms with Gasteiger partial charge < -0.3 is 9.15 Å². The van der Waals surface area contributed by atoms with E-state index in [9.17, 15) is 4.79 Å². The second kappa shape index (κ2) is 3.99. The zero-order chi connectivity index (χ0) is 13.0. The van der Waals surface area contributed by atoms with Crippen LogP contribution in [-0.2, 0) is 4.74 Å². The molecular formula is C13H15BrN2O3. The van der Waals surface area contributed by atoms with Gasteiger partial charge in [-0.2, -0.15) is 0 Å². The van der Waals surface area contributed by atoms with Crippen molar-refractivity contribution in [2.75, 3.05) is 31.1 Å². The van der Waals surface area contributed by atoms with E-state index < -0.39 is 0 Å². The van der Waals surface area contributed by atoms with E-state index >= 15 is 0 Å². The maximum absolute atomic E-state index is 12.1. The first-order valence-electron chi connectivity index (χ1n) is 6.64. The lowest BCUT2D eigenvalue weighted by Crippen LogP contribution is -2.61. The van der Waals surface area contributed by atoms with Gasteiger partial charge in [-0.15, -0.1) is 0 Å². The van der Waals surface area contributed by atoms with Gasteiger partial charge in [0.2, 0.25) is 5.88 Å². The Hall–Kier alpha value is -1.01. The van der Waals surface area contributed by atoms with Crippen molar-refractivity contribution in [1.82, 2.24) is 4.90 Å². The fourth-order valence-electron chi connectivity index (χ4n) is 3.63. The van der Waals surface area contributed by atoms with Crippen LogP contribution >= 0.6 is 15.9 Å². The van der Waals surface area contributed by atoms with E-state index in [0.717, 1.165) is 32.5 Å². The highest BCUT2D eigenvalue weighted by Gasteiger charge is 2.56. The Morgan fingerprint density at radius 3 is 2.63 bits per heavy atom. The SMILES string of the molecule is O=C1O[C@]2(CN3CCC2CC3)CN1c1ccc(Br)o1. The molecule has 5 nitrogen and oxygen atoms in total. The number of halogens is 1. The first-order valence-corrected chi connectivity index (χ1v) is 7.44. The molecule has 0 saturated carbocycles. The number of nitrogens with zero attached hydrogens (tertiary/aromatic N) is 2. The van der Waals surface area contributed by atoms with E-state index in [-0.39, 0.29) is 11.7 Å². The van der Waals surface area contributed by atoms with Crippen LogP contribution < -0.4 is 4.90 Å². The lowest BCUT2D eigenvalue weighted by molar-refractivity contribution is -0.0881. The van der Waals surface area contributed by atoms with Gasteiger partial charge in [-0.25, -0.2) is 9.69 Å². The third kappa shape index (κ3) is 1.73. The van der Waals surface area contributed by atoms with E-state index in [4.69, 9.17) is 9.15 Å². The fraction of sp³-hybridized carbons (Fsp3) is 0.615. The number of furan rings is 1. The van der Waals surface area contributed by atoms with Crippen molar-refractivity contribution in [2.24, 2.45) is 5.92 Å². The average molecular weight is 327 g/mol. The second-order valence-corrected chi connectivity index (χ2v) is 6.43. The number of piperidine rings is 3. The lowest BCUT2D eigenvalue weighted by Gasteiger charge is -2.49. The van der Waals surface area contributed by atoms with Crippen LogP contribution in [0.25, 0.3) is 0 Å². The second-order valence-electron chi connectivity index (χ2n) is 5.65. The topological polar surface area (TPSA) is 45.9 Å². The molecule has 4 fully saturated rings. The van der Waals surface area contributed by atoms with Gasteiger partial charge in [-0.3, -0.25) is 4.90 Å². The summed E-state index contributed by atoms with van der Waals surface area (Å²) in [6.07, 6.45) is 1.97. The minimum absolute atomic E-state index is 0.282. The molecule has 4 aliphatic heterocycles. The maximum Gasteiger partial charge on any atom is 0.417 e. The predicted molar refractivity (Wildman–Crippen MR) is 72.1 cm³/mol. The van der Waals surface area contributed by atoms with Crippen molar-refractivity contribution in [3.63, 3.8) is 0 Å². The van der Waals surface area contributed by atoms with E-state index in [1.807, 2.05) is 0 Å². The number of hydrogen-bond donors (Lipinski definition) is 0. The molecular weight excluding hydrogens is 312 g/mol. The molecule has 0 radical (unpaired) electrons. The van der Waals surface area contributed by atoms with E-state index in [0.29, 0.717) is 23.0 Å². The van der Waals surface area contributed by atoms with Crippen LogP contribution in [0.4, 0.5) is 10.7 Å². The molecule has 1 amide bonds. The molecule has 2 bridgehead atoms. The fourth-order valence-corrected chi connectivity index (χ4v) is 3.93. The molecule has 1 aromatic heterocycles. The summed E-state index contributed by atoms with van der Waals surface area (Å²) in [6.45, 7) is 3.74. The van der Waals surface area contributed by atoms with E-state index in [1.54, 1.807) is 17.0 Å². The van der Waals surface area contributed by atoms with Crippen LogP contribution in [0.5, 0.6) is 0 Å². The maximum atomic E-state index is 12.1. The Bertz CT molecular complexity index is 524. The normalized spacial score (nSPS) is 37.1. The molecule has 1 atom stereocenters. The standard InChI is InChI=1S/C13H15BrN2O3/c14-10-1-2-11(18-10)16-8-13(19-12(16)17)7-15-5-3-9(13)4-6-15/h1-2,9H,3-8H2/t13-/m1/s1. The number of rotatable bonds is 1. The average Bonchev–Trinajstić information content (AvgIpc) is 2.95. The molecule has 5 rings (SSSR count). The Kier molecular flexibility index (Phi) is 2.48. The Morgan fingerprint density at radius 1 is 1.26 bits per heavy atom. The van der Waals surface area contributed by atoms with Gasteiger partial charge >= 0.3 is 6.09 Å².